The molecule has 0 bridgehead atoms. The summed E-state index contributed by atoms with van der Waals surface area (Å²) < 4.78 is 13.6. The summed E-state index contributed by atoms with van der Waals surface area (Å²) in [5.41, 5.74) is 5.41. The van der Waals surface area contributed by atoms with E-state index in [1.807, 2.05) is 0 Å². The molecule has 15 heavy (non-hydrogen) atoms. The molecule has 0 unspecified atom stereocenters. The zero-order chi connectivity index (χ0) is 11.4. The van der Waals surface area contributed by atoms with Crippen LogP contribution in [0.25, 0.3) is 0 Å². The quantitative estimate of drug-likeness (QED) is 0.828. The fraction of sp³-hybridized carbons (Fsp3) is 0.100. The molecule has 0 atom stereocenters. The molecule has 80 valence electrons. The third-order valence-corrected chi connectivity index (χ3v) is 2.02. The first-order valence-electron chi connectivity index (χ1n) is 4.18. The number of nitrogens with two attached hydrogens (primary N) is 1. The molecule has 3 N–H and O–H groups in total. The van der Waals surface area contributed by atoms with E-state index in [4.69, 9.17) is 5.73 Å². The maximum Gasteiger partial charge on any atom is 0.253 e. The van der Waals surface area contributed by atoms with Gasteiger partial charge in [-0.1, -0.05) is 28.6 Å². The molecule has 5 heteroatoms. The Kier molecular flexibility index (Phi) is 3.85. The van der Waals surface area contributed by atoms with Crippen molar-refractivity contribution in [3.8, 4) is 0 Å². The van der Waals surface area contributed by atoms with Crippen LogP contribution in [0.1, 0.15) is 10.4 Å². The van der Waals surface area contributed by atoms with E-state index in [-0.39, 0.29) is 17.8 Å². The molecular weight excluding hydrogens is 263 g/mol. The highest BCUT2D eigenvalue weighted by Gasteiger charge is 2.11. The molecular formula is C10H10BrFN2O. The Bertz CT molecular complexity index is 406. The molecule has 0 aliphatic rings. The zero-order valence-corrected chi connectivity index (χ0v) is 9.47. The van der Waals surface area contributed by atoms with Crippen molar-refractivity contribution in [2.75, 3.05) is 12.3 Å². The van der Waals surface area contributed by atoms with Gasteiger partial charge in [-0.2, -0.15) is 0 Å². The van der Waals surface area contributed by atoms with Gasteiger partial charge in [0.15, 0.2) is 0 Å². The second-order valence-corrected chi connectivity index (χ2v) is 4.02. The molecule has 0 saturated carbocycles. The lowest BCUT2D eigenvalue weighted by atomic mass is 10.1. The minimum atomic E-state index is -0.597. The van der Waals surface area contributed by atoms with Crippen LogP contribution in [0.5, 0.6) is 0 Å². The Balaban J connectivity index is 2.82. The van der Waals surface area contributed by atoms with E-state index in [0.29, 0.717) is 4.48 Å². The van der Waals surface area contributed by atoms with E-state index in [0.717, 1.165) is 0 Å². The zero-order valence-electron chi connectivity index (χ0n) is 7.89. The highest BCUT2D eigenvalue weighted by molar-refractivity contribution is 9.11. The molecule has 0 spiro atoms. The molecule has 0 fully saturated rings. The van der Waals surface area contributed by atoms with Crippen molar-refractivity contribution in [3.63, 3.8) is 0 Å². The van der Waals surface area contributed by atoms with E-state index in [2.05, 4.69) is 27.8 Å². The van der Waals surface area contributed by atoms with Crippen LogP contribution in [0.15, 0.2) is 29.3 Å². The van der Waals surface area contributed by atoms with Gasteiger partial charge in [0.05, 0.1) is 11.3 Å². The van der Waals surface area contributed by atoms with Crippen LogP contribution in [0.2, 0.25) is 0 Å². The number of nitrogen functional groups attached to an aromatic ring is 1. The standard InChI is InChI=1S/C10H10BrFN2O/c1-6(11)5-14-10(15)7-3-2-4-8(12)9(7)13/h2-4H,1,5,13H2,(H,14,15). The van der Waals surface area contributed by atoms with Crippen LogP contribution in [0, 0.1) is 5.82 Å². The molecule has 3 nitrogen and oxygen atoms in total. The van der Waals surface area contributed by atoms with Crippen molar-refractivity contribution in [3.05, 3.63) is 40.6 Å². The third kappa shape index (κ3) is 3.06. The Hall–Kier alpha value is -1.36. The predicted molar refractivity (Wildman–Crippen MR) is 61.2 cm³/mol. The largest absolute Gasteiger partial charge is 0.396 e. The third-order valence-electron chi connectivity index (χ3n) is 1.74. The van der Waals surface area contributed by atoms with E-state index >= 15 is 0 Å². The van der Waals surface area contributed by atoms with Gasteiger partial charge in [-0.25, -0.2) is 4.39 Å². The summed E-state index contributed by atoms with van der Waals surface area (Å²) in [5, 5.41) is 2.53. The number of halogens is 2. The first kappa shape index (κ1) is 11.7. The highest BCUT2D eigenvalue weighted by atomic mass is 79.9. The fourth-order valence-electron chi connectivity index (χ4n) is 1.01. The number of nitrogens with one attached hydrogen (secondary N) is 1. The lowest BCUT2D eigenvalue weighted by Gasteiger charge is -2.06. The second-order valence-electron chi connectivity index (χ2n) is 2.90. The van der Waals surface area contributed by atoms with E-state index in [1.54, 1.807) is 0 Å². The molecule has 0 radical (unpaired) electrons. The lowest BCUT2D eigenvalue weighted by Crippen LogP contribution is -2.25. The minimum Gasteiger partial charge on any atom is -0.396 e. The van der Waals surface area contributed by atoms with Crippen molar-refractivity contribution in [2.24, 2.45) is 0 Å². The maximum absolute atomic E-state index is 13.0. The van der Waals surface area contributed by atoms with Gasteiger partial charge in [-0.05, 0) is 12.1 Å². The minimum absolute atomic E-state index is 0.128. The lowest BCUT2D eigenvalue weighted by molar-refractivity contribution is 0.0958. The Labute approximate surface area is 95.3 Å². The summed E-state index contributed by atoms with van der Waals surface area (Å²) in [6, 6.07) is 4.10. The normalized spacial score (nSPS) is 9.73. The van der Waals surface area contributed by atoms with Gasteiger partial charge in [-0.15, -0.1) is 0 Å². The van der Waals surface area contributed by atoms with Crippen LogP contribution < -0.4 is 11.1 Å². The molecule has 0 aliphatic carbocycles. The number of carbonyl (C=O) groups excluding carboxylic acids is 1. The number of hydrogen-bond acceptors (Lipinski definition) is 2. The summed E-state index contributed by atoms with van der Waals surface area (Å²) in [6.45, 7) is 3.83. The number of hydrogen-bond donors (Lipinski definition) is 2. The van der Waals surface area contributed by atoms with Gasteiger partial charge >= 0.3 is 0 Å². The monoisotopic (exact) mass is 272 g/mol. The van der Waals surface area contributed by atoms with Crippen LogP contribution in [-0.4, -0.2) is 12.5 Å². The maximum atomic E-state index is 13.0. The Morgan fingerprint density at radius 2 is 2.27 bits per heavy atom. The topological polar surface area (TPSA) is 55.1 Å². The smallest absolute Gasteiger partial charge is 0.253 e. The van der Waals surface area contributed by atoms with Gasteiger partial charge in [-0.3, -0.25) is 4.79 Å². The molecule has 1 aromatic rings. The number of benzene rings is 1. The van der Waals surface area contributed by atoms with Crippen molar-refractivity contribution >= 4 is 27.5 Å². The number of amides is 1. The van der Waals surface area contributed by atoms with Crippen molar-refractivity contribution < 1.29 is 9.18 Å². The molecule has 1 amide bonds. The van der Waals surface area contributed by atoms with Gasteiger partial charge in [0.2, 0.25) is 0 Å². The van der Waals surface area contributed by atoms with E-state index < -0.39 is 11.7 Å². The van der Waals surface area contributed by atoms with Gasteiger partial charge < -0.3 is 11.1 Å². The number of anilines is 1. The van der Waals surface area contributed by atoms with Crippen LogP contribution >= 0.6 is 15.9 Å². The van der Waals surface area contributed by atoms with Gasteiger partial charge in [0.1, 0.15) is 5.82 Å². The first-order chi connectivity index (χ1) is 7.02. The summed E-state index contributed by atoms with van der Waals surface area (Å²) in [4.78, 5) is 11.5. The highest BCUT2D eigenvalue weighted by Crippen LogP contribution is 2.15. The summed E-state index contributed by atoms with van der Waals surface area (Å²) in [6.07, 6.45) is 0. The summed E-state index contributed by atoms with van der Waals surface area (Å²) >= 11 is 3.09. The second kappa shape index (κ2) is 4.93. The number of rotatable bonds is 3. The number of para-hydroxylation sites is 1. The van der Waals surface area contributed by atoms with Crippen molar-refractivity contribution in [1.82, 2.24) is 5.32 Å². The van der Waals surface area contributed by atoms with E-state index in [9.17, 15) is 9.18 Å². The molecule has 0 aromatic heterocycles. The van der Waals surface area contributed by atoms with E-state index in [1.165, 1.54) is 18.2 Å². The Morgan fingerprint density at radius 1 is 1.60 bits per heavy atom. The number of carbonyl (C=O) groups is 1. The average molecular weight is 273 g/mol. The van der Waals surface area contributed by atoms with Crippen LogP contribution in [0.4, 0.5) is 10.1 Å². The molecule has 0 aliphatic heterocycles. The fourth-order valence-corrected chi connectivity index (χ4v) is 1.15. The predicted octanol–water partition coefficient (Wildman–Crippen LogP) is 2.05. The van der Waals surface area contributed by atoms with Gasteiger partial charge in [0, 0.05) is 11.0 Å². The average Bonchev–Trinajstić information content (AvgIpc) is 2.18. The SMILES string of the molecule is C=C(Br)CNC(=O)c1cccc(F)c1N. The molecule has 0 saturated heterocycles. The molecule has 1 rings (SSSR count). The van der Waals surface area contributed by atoms with Crippen LogP contribution in [-0.2, 0) is 0 Å². The summed E-state index contributed by atoms with van der Waals surface area (Å²) in [5.74, 6) is -1.02. The summed E-state index contributed by atoms with van der Waals surface area (Å²) in [7, 11) is 0. The first-order valence-corrected chi connectivity index (χ1v) is 4.97. The molecule has 1 aromatic carbocycles. The van der Waals surface area contributed by atoms with Gasteiger partial charge in [0.25, 0.3) is 5.91 Å². The Morgan fingerprint density at radius 3 is 2.87 bits per heavy atom. The molecule has 0 heterocycles. The van der Waals surface area contributed by atoms with Crippen molar-refractivity contribution in [2.45, 2.75) is 0 Å². The van der Waals surface area contributed by atoms with Crippen LogP contribution in [0.3, 0.4) is 0 Å². The van der Waals surface area contributed by atoms with Crippen molar-refractivity contribution in [1.29, 1.82) is 0 Å².